The number of likely N-dealkylation sites (tertiary alicyclic amines) is 1. The van der Waals surface area contributed by atoms with Crippen molar-refractivity contribution in [2.24, 2.45) is 5.92 Å². The van der Waals surface area contributed by atoms with Gasteiger partial charge in [0.1, 0.15) is 6.54 Å². The van der Waals surface area contributed by atoms with E-state index in [4.69, 9.17) is 10.5 Å². The fourth-order valence-corrected chi connectivity index (χ4v) is 2.37. The van der Waals surface area contributed by atoms with E-state index in [-0.39, 0.29) is 12.5 Å². The summed E-state index contributed by atoms with van der Waals surface area (Å²) in [5, 5.41) is 4.03. The number of nitrogen functional groups attached to an aromatic ring is 1. The van der Waals surface area contributed by atoms with Crippen molar-refractivity contribution in [3.63, 3.8) is 0 Å². The fourth-order valence-electron chi connectivity index (χ4n) is 2.37. The van der Waals surface area contributed by atoms with Crippen LogP contribution in [0.2, 0.25) is 0 Å². The molecular formula is C12H20N4O2. The lowest BCUT2D eigenvalue weighted by molar-refractivity contribution is -0.134. The van der Waals surface area contributed by atoms with Gasteiger partial charge in [-0.3, -0.25) is 9.48 Å². The summed E-state index contributed by atoms with van der Waals surface area (Å²) in [7, 11) is 1.70. The van der Waals surface area contributed by atoms with E-state index in [9.17, 15) is 4.79 Å². The third-order valence-corrected chi connectivity index (χ3v) is 3.22. The maximum Gasteiger partial charge on any atom is 0.244 e. The molecule has 0 radical (unpaired) electrons. The van der Waals surface area contributed by atoms with Crippen molar-refractivity contribution < 1.29 is 9.53 Å². The second kappa shape index (κ2) is 5.86. The van der Waals surface area contributed by atoms with E-state index in [1.165, 1.54) is 0 Å². The molecule has 1 aliphatic rings. The Kier molecular flexibility index (Phi) is 4.19. The topological polar surface area (TPSA) is 73.4 Å². The lowest BCUT2D eigenvalue weighted by atomic mass is 9.99. The highest BCUT2D eigenvalue weighted by atomic mass is 16.5. The summed E-state index contributed by atoms with van der Waals surface area (Å²) in [6, 6.07) is 0. The van der Waals surface area contributed by atoms with Gasteiger partial charge in [-0.15, -0.1) is 0 Å². The Morgan fingerprint density at radius 3 is 3.17 bits per heavy atom. The van der Waals surface area contributed by atoms with Gasteiger partial charge in [-0.25, -0.2) is 0 Å². The van der Waals surface area contributed by atoms with E-state index in [1.807, 2.05) is 4.90 Å². The molecule has 1 saturated heterocycles. The molecule has 2 rings (SSSR count). The summed E-state index contributed by atoms with van der Waals surface area (Å²) in [5.74, 6) is 0.550. The van der Waals surface area contributed by atoms with Gasteiger partial charge in [0.25, 0.3) is 0 Å². The van der Waals surface area contributed by atoms with Crippen molar-refractivity contribution in [3.05, 3.63) is 12.4 Å². The van der Waals surface area contributed by atoms with Crippen LogP contribution in [0.15, 0.2) is 12.4 Å². The number of carbonyl (C=O) groups excluding carboxylic acids is 1. The van der Waals surface area contributed by atoms with Crippen molar-refractivity contribution >= 4 is 11.6 Å². The first-order valence-corrected chi connectivity index (χ1v) is 6.23. The standard InChI is InChI=1S/C12H20N4O2/c1-18-9-10-3-2-4-15(6-10)12(17)8-16-7-11(13)5-14-16/h5,7,10H,2-4,6,8-9,13H2,1H3. The Hall–Kier alpha value is -1.56. The number of hydrogen-bond acceptors (Lipinski definition) is 4. The van der Waals surface area contributed by atoms with Gasteiger partial charge in [0, 0.05) is 26.4 Å². The highest BCUT2D eigenvalue weighted by molar-refractivity contribution is 5.76. The van der Waals surface area contributed by atoms with Crippen LogP contribution in [-0.2, 0) is 16.1 Å². The van der Waals surface area contributed by atoms with E-state index < -0.39 is 0 Å². The molecule has 0 aromatic carbocycles. The van der Waals surface area contributed by atoms with Crippen LogP contribution in [0.25, 0.3) is 0 Å². The first-order valence-electron chi connectivity index (χ1n) is 6.23. The Morgan fingerprint density at radius 1 is 1.67 bits per heavy atom. The molecule has 0 aliphatic carbocycles. The molecule has 1 aromatic rings. The number of amides is 1. The van der Waals surface area contributed by atoms with Crippen molar-refractivity contribution in [2.75, 3.05) is 32.5 Å². The van der Waals surface area contributed by atoms with Crippen LogP contribution in [0.1, 0.15) is 12.8 Å². The summed E-state index contributed by atoms with van der Waals surface area (Å²) in [4.78, 5) is 14.0. The number of carbonyl (C=O) groups is 1. The molecule has 1 unspecified atom stereocenters. The number of methoxy groups -OCH3 is 1. The zero-order valence-electron chi connectivity index (χ0n) is 10.7. The van der Waals surface area contributed by atoms with Gasteiger partial charge in [0.2, 0.25) is 5.91 Å². The number of hydrogen-bond donors (Lipinski definition) is 1. The Morgan fingerprint density at radius 2 is 2.50 bits per heavy atom. The molecule has 1 fully saturated rings. The van der Waals surface area contributed by atoms with Crippen LogP contribution in [0, 0.1) is 5.92 Å². The van der Waals surface area contributed by atoms with Gasteiger partial charge in [0.15, 0.2) is 0 Å². The Bertz CT molecular complexity index is 403. The van der Waals surface area contributed by atoms with Gasteiger partial charge in [0.05, 0.1) is 18.5 Å². The smallest absolute Gasteiger partial charge is 0.244 e. The van der Waals surface area contributed by atoms with Crippen molar-refractivity contribution in [3.8, 4) is 0 Å². The van der Waals surface area contributed by atoms with E-state index in [0.29, 0.717) is 11.6 Å². The second-order valence-corrected chi connectivity index (χ2v) is 4.77. The molecule has 2 heterocycles. The average Bonchev–Trinajstić information content (AvgIpc) is 2.75. The first-order chi connectivity index (χ1) is 8.69. The fraction of sp³-hybridized carbons (Fsp3) is 0.667. The molecule has 6 heteroatoms. The number of piperidine rings is 1. The average molecular weight is 252 g/mol. The maximum absolute atomic E-state index is 12.1. The van der Waals surface area contributed by atoms with Crippen LogP contribution >= 0.6 is 0 Å². The Labute approximate surface area is 107 Å². The van der Waals surface area contributed by atoms with E-state index >= 15 is 0 Å². The molecule has 1 amide bonds. The molecule has 0 bridgehead atoms. The van der Waals surface area contributed by atoms with E-state index in [1.54, 1.807) is 24.2 Å². The summed E-state index contributed by atoms with van der Waals surface area (Å²) < 4.78 is 6.74. The zero-order valence-corrected chi connectivity index (χ0v) is 10.7. The molecule has 1 atom stereocenters. The highest BCUT2D eigenvalue weighted by Crippen LogP contribution is 2.17. The molecule has 1 aliphatic heterocycles. The quantitative estimate of drug-likeness (QED) is 0.839. The number of nitrogens with two attached hydrogens (primary N) is 1. The third-order valence-electron chi connectivity index (χ3n) is 3.22. The van der Waals surface area contributed by atoms with Gasteiger partial charge < -0.3 is 15.4 Å². The van der Waals surface area contributed by atoms with Gasteiger partial charge in [-0.1, -0.05) is 0 Å². The van der Waals surface area contributed by atoms with Crippen LogP contribution < -0.4 is 5.73 Å². The largest absolute Gasteiger partial charge is 0.396 e. The van der Waals surface area contributed by atoms with Crippen LogP contribution in [0.4, 0.5) is 5.69 Å². The normalized spacial score (nSPS) is 20.1. The number of rotatable bonds is 4. The summed E-state index contributed by atoms with van der Waals surface area (Å²) in [6.45, 7) is 2.59. The van der Waals surface area contributed by atoms with Gasteiger partial charge in [-0.05, 0) is 18.8 Å². The lowest BCUT2D eigenvalue weighted by Crippen LogP contribution is -2.42. The maximum atomic E-state index is 12.1. The highest BCUT2D eigenvalue weighted by Gasteiger charge is 2.23. The summed E-state index contributed by atoms with van der Waals surface area (Å²) >= 11 is 0. The predicted molar refractivity (Wildman–Crippen MR) is 67.8 cm³/mol. The molecular weight excluding hydrogens is 232 g/mol. The molecule has 0 spiro atoms. The zero-order chi connectivity index (χ0) is 13.0. The molecule has 1 aromatic heterocycles. The Balaban J connectivity index is 1.88. The second-order valence-electron chi connectivity index (χ2n) is 4.77. The third kappa shape index (κ3) is 3.22. The first kappa shape index (κ1) is 12.9. The molecule has 18 heavy (non-hydrogen) atoms. The SMILES string of the molecule is COCC1CCCN(C(=O)Cn2cc(N)cn2)C1. The van der Waals surface area contributed by atoms with Gasteiger partial charge in [-0.2, -0.15) is 5.10 Å². The minimum Gasteiger partial charge on any atom is -0.396 e. The summed E-state index contributed by atoms with van der Waals surface area (Å²) in [6.07, 6.45) is 5.40. The minimum absolute atomic E-state index is 0.0962. The minimum atomic E-state index is 0.0962. The van der Waals surface area contributed by atoms with Crippen molar-refractivity contribution in [1.82, 2.24) is 14.7 Å². The number of nitrogens with zero attached hydrogens (tertiary/aromatic N) is 3. The van der Waals surface area contributed by atoms with Crippen LogP contribution in [-0.4, -0.2) is 47.4 Å². The predicted octanol–water partition coefficient (Wildman–Crippen LogP) is 0.350. The molecule has 6 nitrogen and oxygen atoms in total. The van der Waals surface area contributed by atoms with Crippen LogP contribution in [0.5, 0.6) is 0 Å². The monoisotopic (exact) mass is 252 g/mol. The number of anilines is 1. The van der Waals surface area contributed by atoms with E-state index in [2.05, 4.69) is 5.10 Å². The number of ether oxygens (including phenoxy) is 1. The molecule has 100 valence electrons. The van der Waals surface area contributed by atoms with E-state index in [0.717, 1.165) is 32.5 Å². The summed E-state index contributed by atoms with van der Waals surface area (Å²) in [5.41, 5.74) is 6.15. The lowest BCUT2D eigenvalue weighted by Gasteiger charge is -2.32. The van der Waals surface area contributed by atoms with Crippen LogP contribution in [0.3, 0.4) is 0 Å². The molecule has 0 saturated carbocycles. The number of aromatic nitrogens is 2. The molecule has 2 N–H and O–H groups in total. The van der Waals surface area contributed by atoms with Crippen molar-refractivity contribution in [1.29, 1.82) is 0 Å². The van der Waals surface area contributed by atoms with Gasteiger partial charge >= 0.3 is 0 Å². The van der Waals surface area contributed by atoms with Crippen molar-refractivity contribution in [2.45, 2.75) is 19.4 Å².